The molecule has 11 rings (SSSR count). The van der Waals surface area contributed by atoms with Crippen molar-refractivity contribution in [3.05, 3.63) is 280 Å². The fourth-order valence-corrected chi connectivity index (χ4v) is 10.8. The number of hydrogen-bond donors (Lipinski definition) is 0. The van der Waals surface area contributed by atoms with Gasteiger partial charge in [-0.05, 0) is 127 Å². The second-order valence-corrected chi connectivity index (χ2v) is 16.6. The molecule has 9 aromatic rings. The standard InChI is InChI=1S/C60H47N/c1-3-42-28-32-46(33-29-42)59(44-18-8-5-9-19-44)55-26-16-14-24-51(55)53-38-36-49(40-57(53)59)61(48-22-12-7-13-23-48)50-37-39-54-52-25-15-17-27-56(52)60(58(54)41-50,45-20-10-6-11-21-45)47-34-30-43(4-2)31-35-47/h5-41H,3-4H2,1-2H3. The van der Waals surface area contributed by atoms with Gasteiger partial charge >= 0.3 is 0 Å². The summed E-state index contributed by atoms with van der Waals surface area (Å²) in [6.45, 7) is 4.46. The lowest BCUT2D eigenvalue weighted by Crippen LogP contribution is -2.29. The molecule has 1 heteroatoms. The van der Waals surface area contributed by atoms with Crippen LogP contribution >= 0.6 is 0 Å². The topological polar surface area (TPSA) is 3.24 Å². The first kappa shape index (κ1) is 36.8. The highest BCUT2D eigenvalue weighted by Crippen LogP contribution is 2.59. The molecule has 0 heterocycles. The van der Waals surface area contributed by atoms with Gasteiger partial charge in [0, 0.05) is 17.1 Å². The highest BCUT2D eigenvalue weighted by Gasteiger charge is 2.48. The first-order valence-electron chi connectivity index (χ1n) is 21.8. The zero-order valence-corrected chi connectivity index (χ0v) is 34.7. The van der Waals surface area contributed by atoms with E-state index in [9.17, 15) is 0 Å². The van der Waals surface area contributed by atoms with Crippen molar-refractivity contribution in [2.45, 2.75) is 37.5 Å². The van der Waals surface area contributed by atoms with Gasteiger partial charge in [0.15, 0.2) is 0 Å². The lowest BCUT2D eigenvalue weighted by atomic mass is 9.67. The van der Waals surface area contributed by atoms with Crippen molar-refractivity contribution in [2.75, 3.05) is 4.90 Å². The van der Waals surface area contributed by atoms with Crippen LogP contribution in [0.5, 0.6) is 0 Å². The molecule has 0 fully saturated rings. The molecule has 0 saturated carbocycles. The van der Waals surface area contributed by atoms with Gasteiger partial charge < -0.3 is 4.90 Å². The first-order valence-corrected chi connectivity index (χ1v) is 21.8. The Hall–Kier alpha value is -7.22. The van der Waals surface area contributed by atoms with Crippen molar-refractivity contribution < 1.29 is 0 Å². The maximum Gasteiger partial charge on any atom is 0.0714 e. The van der Waals surface area contributed by atoms with Crippen LogP contribution in [0.1, 0.15) is 69.5 Å². The lowest BCUT2D eigenvalue weighted by molar-refractivity contribution is 0.766. The molecule has 2 aliphatic rings. The fourth-order valence-electron chi connectivity index (χ4n) is 10.8. The summed E-state index contributed by atoms with van der Waals surface area (Å²) in [7, 11) is 0. The molecule has 9 aromatic carbocycles. The minimum atomic E-state index is -0.509. The molecule has 2 unspecified atom stereocenters. The van der Waals surface area contributed by atoms with Crippen LogP contribution in [-0.2, 0) is 23.7 Å². The van der Waals surface area contributed by atoms with Crippen LogP contribution in [0, 0.1) is 0 Å². The predicted molar refractivity (Wildman–Crippen MR) is 254 cm³/mol. The molecule has 1 nitrogen and oxygen atoms in total. The van der Waals surface area contributed by atoms with E-state index in [1.165, 1.54) is 77.9 Å². The zero-order valence-electron chi connectivity index (χ0n) is 34.7. The van der Waals surface area contributed by atoms with Gasteiger partial charge in [0.1, 0.15) is 0 Å². The Kier molecular flexibility index (Phi) is 8.94. The maximum atomic E-state index is 2.49. The smallest absolute Gasteiger partial charge is 0.0714 e. The minimum absolute atomic E-state index is 0.509. The number of anilines is 3. The van der Waals surface area contributed by atoms with Gasteiger partial charge in [0.25, 0.3) is 0 Å². The van der Waals surface area contributed by atoms with E-state index in [1.54, 1.807) is 0 Å². The van der Waals surface area contributed by atoms with Crippen molar-refractivity contribution in [3.8, 4) is 22.3 Å². The largest absolute Gasteiger partial charge is 0.310 e. The quantitative estimate of drug-likeness (QED) is 0.141. The normalized spacial score (nSPS) is 17.0. The molecule has 2 aliphatic carbocycles. The summed E-state index contributed by atoms with van der Waals surface area (Å²) < 4.78 is 0. The van der Waals surface area contributed by atoms with Crippen LogP contribution < -0.4 is 4.90 Å². The average Bonchev–Trinajstić information content (AvgIpc) is 3.80. The number of benzene rings is 9. The van der Waals surface area contributed by atoms with Crippen molar-refractivity contribution in [3.63, 3.8) is 0 Å². The van der Waals surface area contributed by atoms with Gasteiger partial charge in [-0.3, -0.25) is 0 Å². The molecular formula is C60H47N. The summed E-state index contributed by atoms with van der Waals surface area (Å²) in [4.78, 5) is 2.47. The van der Waals surface area contributed by atoms with Crippen LogP contribution in [-0.4, -0.2) is 0 Å². The molecule has 0 amide bonds. The highest BCUT2D eigenvalue weighted by molar-refractivity contribution is 5.92. The van der Waals surface area contributed by atoms with E-state index in [2.05, 4.69) is 243 Å². The third-order valence-electron chi connectivity index (χ3n) is 13.6. The Balaban J connectivity index is 1.18. The molecular weight excluding hydrogens is 735 g/mol. The van der Waals surface area contributed by atoms with Gasteiger partial charge in [-0.25, -0.2) is 0 Å². The summed E-state index contributed by atoms with van der Waals surface area (Å²) in [5.74, 6) is 0. The molecule has 0 radical (unpaired) electrons. The third-order valence-corrected chi connectivity index (χ3v) is 13.6. The van der Waals surface area contributed by atoms with Gasteiger partial charge in [0.2, 0.25) is 0 Å². The molecule has 0 aromatic heterocycles. The summed E-state index contributed by atoms with van der Waals surface area (Å²) in [5, 5.41) is 0. The fraction of sp³-hybridized carbons (Fsp3) is 0.100. The summed E-state index contributed by atoms with van der Waals surface area (Å²) in [6.07, 6.45) is 2.01. The average molecular weight is 782 g/mol. The number of para-hydroxylation sites is 1. The Bertz CT molecular complexity index is 2830. The molecule has 0 aliphatic heterocycles. The molecule has 0 saturated heterocycles. The maximum absolute atomic E-state index is 2.49. The van der Waals surface area contributed by atoms with E-state index < -0.39 is 10.8 Å². The van der Waals surface area contributed by atoms with E-state index in [-0.39, 0.29) is 0 Å². The first-order chi connectivity index (χ1) is 30.2. The van der Waals surface area contributed by atoms with Crippen LogP contribution in [0.2, 0.25) is 0 Å². The Morgan fingerprint density at radius 1 is 0.295 bits per heavy atom. The summed E-state index contributed by atoms with van der Waals surface area (Å²) in [6, 6.07) is 84.4. The molecule has 0 N–H and O–H groups in total. The summed E-state index contributed by atoms with van der Waals surface area (Å²) >= 11 is 0. The highest BCUT2D eigenvalue weighted by atomic mass is 15.1. The number of aryl methyl sites for hydroxylation is 2. The monoisotopic (exact) mass is 781 g/mol. The van der Waals surface area contributed by atoms with Gasteiger partial charge in [0.05, 0.1) is 10.8 Å². The molecule has 0 spiro atoms. The summed E-state index contributed by atoms with van der Waals surface area (Å²) in [5.41, 5.74) is 20.5. The number of fused-ring (bicyclic) bond motifs is 6. The number of rotatable bonds is 9. The molecule has 0 bridgehead atoms. The molecule has 292 valence electrons. The van der Waals surface area contributed by atoms with E-state index in [0.29, 0.717) is 0 Å². The van der Waals surface area contributed by atoms with Crippen LogP contribution in [0.25, 0.3) is 22.3 Å². The predicted octanol–water partition coefficient (Wildman–Crippen LogP) is 15.0. The SMILES string of the molecule is CCc1ccc(C2(c3ccccc3)c3ccccc3-c3ccc(N(c4ccccc4)c4ccc5c(c4)C(c4ccccc4)(c4ccc(CC)cc4)c4ccccc4-5)cc32)cc1. The van der Waals surface area contributed by atoms with Gasteiger partial charge in [-0.1, -0.05) is 202 Å². The van der Waals surface area contributed by atoms with Crippen LogP contribution in [0.4, 0.5) is 17.1 Å². The van der Waals surface area contributed by atoms with E-state index in [1.807, 2.05) is 0 Å². The van der Waals surface area contributed by atoms with E-state index in [4.69, 9.17) is 0 Å². The Morgan fingerprint density at radius 3 is 1.05 bits per heavy atom. The van der Waals surface area contributed by atoms with Crippen LogP contribution in [0.3, 0.4) is 0 Å². The zero-order chi connectivity index (χ0) is 41.0. The van der Waals surface area contributed by atoms with E-state index >= 15 is 0 Å². The molecule has 61 heavy (non-hydrogen) atoms. The second kappa shape index (κ2) is 14.8. The lowest BCUT2D eigenvalue weighted by Gasteiger charge is -2.36. The second-order valence-electron chi connectivity index (χ2n) is 16.6. The van der Waals surface area contributed by atoms with Crippen molar-refractivity contribution in [1.82, 2.24) is 0 Å². The van der Waals surface area contributed by atoms with Crippen molar-refractivity contribution in [1.29, 1.82) is 0 Å². The number of nitrogens with zero attached hydrogens (tertiary/aromatic N) is 1. The molecule has 2 atom stereocenters. The Morgan fingerprint density at radius 2 is 0.639 bits per heavy atom. The van der Waals surface area contributed by atoms with Crippen LogP contribution in [0.15, 0.2) is 224 Å². The van der Waals surface area contributed by atoms with E-state index in [0.717, 1.165) is 29.9 Å². The third kappa shape index (κ3) is 5.54. The van der Waals surface area contributed by atoms with Gasteiger partial charge in [-0.2, -0.15) is 0 Å². The Labute approximate surface area is 360 Å². The van der Waals surface area contributed by atoms with Crippen molar-refractivity contribution in [2.24, 2.45) is 0 Å². The number of hydrogen-bond acceptors (Lipinski definition) is 1. The minimum Gasteiger partial charge on any atom is -0.310 e. The van der Waals surface area contributed by atoms with Crippen molar-refractivity contribution >= 4 is 17.1 Å². The van der Waals surface area contributed by atoms with Gasteiger partial charge in [-0.15, -0.1) is 0 Å².